The second kappa shape index (κ2) is 5.55. The Morgan fingerprint density at radius 2 is 2.00 bits per heavy atom. The monoisotopic (exact) mass is 174 g/mol. The van der Waals surface area contributed by atoms with Crippen LogP contribution in [0.2, 0.25) is 0 Å². The molecular weight excluding hydrogens is 152 g/mol. The van der Waals surface area contributed by atoms with E-state index in [1.165, 1.54) is 0 Å². The van der Waals surface area contributed by atoms with Gasteiger partial charge in [0.05, 0.1) is 0 Å². The van der Waals surface area contributed by atoms with Crippen molar-refractivity contribution in [2.75, 3.05) is 20.3 Å². The van der Waals surface area contributed by atoms with Gasteiger partial charge in [-0.25, -0.2) is 0 Å². The van der Waals surface area contributed by atoms with Gasteiger partial charge in [-0.15, -0.1) is 0 Å². The van der Waals surface area contributed by atoms with Gasteiger partial charge in [0.15, 0.2) is 0 Å². The first kappa shape index (κ1) is 11.9. The summed E-state index contributed by atoms with van der Waals surface area (Å²) in [5, 5.41) is 9.21. The Bertz CT molecular complexity index is 112. The van der Waals surface area contributed by atoms with Crippen LogP contribution in [0.1, 0.15) is 33.6 Å². The Balaban J connectivity index is 3.80. The van der Waals surface area contributed by atoms with Crippen LogP contribution in [0.4, 0.5) is 0 Å². The summed E-state index contributed by atoms with van der Waals surface area (Å²) in [6.07, 6.45) is 2.07. The maximum absolute atomic E-state index is 9.21. The van der Waals surface area contributed by atoms with E-state index in [1.54, 1.807) is 7.11 Å². The number of aliphatic hydroxyl groups excluding tert-OH is 1. The minimum atomic E-state index is 0.0680. The van der Waals surface area contributed by atoms with Crippen LogP contribution in [0.3, 0.4) is 0 Å². The second-order valence-electron chi connectivity index (χ2n) is 4.06. The fourth-order valence-corrected chi connectivity index (χ4v) is 1.17. The Morgan fingerprint density at radius 3 is 2.33 bits per heavy atom. The minimum Gasteiger partial charge on any atom is -0.396 e. The Morgan fingerprint density at radius 1 is 1.42 bits per heavy atom. The smallest absolute Gasteiger partial charge is 0.0487 e. The number of aliphatic hydroxyl groups is 1. The summed E-state index contributed by atoms with van der Waals surface area (Å²) in [6.45, 7) is 7.51. The molecule has 1 unspecified atom stereocenters. The van der Waals surface area contributed by atoms with Crippen molar-refractivity contribution < 1.29 is 9.84 Å². The average molecular weight is 174 g/mol. The van der Waals surface area contributed by atoms with Crippen molar-refractivity contribution in [2.24, 2.45) is 11.3 Å². The van der Waals surface area contributed by atoms with Crippen LogP contribution in [0.5, 0.6) is 0 Å². The molecule has 0 saturated heterocycles. The Labute approximate surface area is 75.9 Å². The van der Waals surface area contributed by atoms with E-state index in [9.17, 15) is 5.11 Å². The van der Waals surface area contributed by atoms with Crippen molar-refractivity contribution in [2.45, 2.75) is 33.6 Å². The first-order chi connectivity index (χ1) is 5.56. The molecule has 0 heterocycles. The molecule has 0 rings (SSSR count). The third-order valence-corrected chi connectivity index (χ3v) is 2.85. The number of ether oxygens (including phenoxy) is 1. The van der Waals surface area contributed by atoms with Gasteiger partial charge >= 0.3 is 0 Å². The molecule has 1 N–H and O–H groups in total. The van der Waals surface area contributed by atoms with Gasteiger partial charge in [-0.2, -0.15) is 0 Å². The van der Waals surface area contributed by atoms with Gasteiger partial charge in [-0.3, -0.25) is 0 Å². The quantitative estimate of drug-likeness (QED) is 0.625. The maximum atomic E-state index is 9.21. The van der Waals surface area contributed by atoms with Gasteiger partial charge in [0, 0.05) is 20.3 Å². The summed E-state index contributed by atoms with van der Waals surface area (Å²) in [6, 6.07) is 0. The lowest BCUT2D eigenvalue weighted by Gasteiger charge is -2.31. The zero-order valence-electron chi connectivity index (χ0n) is 8.76. The lowest BCUT2D eigenvalue weighted by atomic mass is 9.76. The highest BCUT2D eigenvalue weighted by Crippen LogP contribution is 2.31. The molecule has 0 spiro atoms. The molecular formula is C10H22O2. The molecule has 0 radical (unpaired) electrons. The molecule has 0 aromatic heterocycles. The van der Waals surface area contributed by atoms with Gasteiger partial charge in [-0.05, 0) is 24.2 Å². The van der Waals surface area contributed by atoms with Gasteiger partial charge < -0.3 is 9.84 Å². The third-order valence-electron chi connectivity index (χ3n) is 2.85. The first-order valence-electron chi connectivity index (χ1n) is 4.66. The maximum Gasteiger partial charge on any atom is 0.0487 e. The lowest BCUT2D eigenvalue weighted by molar-refractivity contribution is 0.0724. The Kier molecular flexibility index (Phi) is 5.51. The van der Waals surface area contributed by atoms with Crippen molar-refractivity contribution in [3.63, 3.8) is 0 Å². The fourth-order valence-electron chi connectivity index (χ4n) is 1.17. The molecule has 0 amide bonds. The molecule has 0 fully saturated rings. The van der Waals surface area contributed by atoms with Crippen LogP contribution in [0.25, 0.3) is 0 Å². The summed E-state index contributed by atoms with van der Waals surface area (Å²) in [7, 11) is 1.71. The normalized spacial score (nSPS) is 16.5. The van der Waals surface area contributed by atoms with Crippen LogP contribution in [0, 0.1) is 11.3 Å². The molecule has 0 aliphatic heterocycles. The zero-order chi connectivity index (χ0) is 9.61. The van der Waals surface area contributed by atoms with Gasteiger partial charge in [0.1, 0.15) is 0 Å². The summed E-state index contributed by atoms with van der Waals surface area (Å²) < 4.78 is 4.98. The van der Waals surface area contributed by atoms with Crippen molar-refractivity contribution in [3.05, 3.63) is 0 Å². The highest BCUT2D eigenvalue weighted by molar-refractivity contribution is 4.76. The van der Waals surface area contributed by atoms with Crippen molar-refractivity contribution >= 4 is 0 Å². The molecule has 2 nitrogen and oxygen atoms in total. The molecule has 12 heavy (non-hydrogen) atoms. The number of hydrogen-bond donors (Lipinski definition) is 1. The average Bonchev–Trinajstić information content (AvgIpc) is 2.04. The molecule has 1 atom stereocenters. The van der Waals surface area contributed by atoms with E-state index in [0.717, 1.165) is 19.4 Å². The predicted molar refractivity (Wildman–Crippen MR) is 51.1 cm³/mol. The number of rotatable bonds is 6. The SMILES string of the molecule is COCCCC(C)(CO)C(C)C. The summed E-state index contributed by atoms with van der Waals surface area (Å²) in [4.78, 5) is 0. The first-order valence-corrected chi connectivity index (χ1v) is 4.66. The molecule has 0 aliphatic carbocycles. The number of hydrogen-bond acceptors (Lipinski definition) is 2. The van der Waals surface area contributed by atoms with Crippen molar-refractivity contribution in [3.8, 4) is 0 Å². The van der Waals surface area contributed by atoms with Crippen LogP contribution in [0.15, 0.2) is 0 Å². The van der Waals surface area contributed by atoms with Crippen LogP contribution in [-0.2, 0) is 4.74 Å². The largest absolute Gasteiger partial charge is 0.396 e. The van der Waals surface area contributed by atoms with Crippen LogP contribution < -0.4 is 0 Å². The molecule has 0 saturated carbocycles. The summed E-state index contributed by atoms with van der Waals surface area (Å²) >= 11 is 0. The van der Waals surface area contributed by atoms with E-state index in [0.29, 0.717) is 5.92 Å². The molecule has 2 heteroatoms. The van der Waals surface area contributed by atoms with E-state index in [4.69, 9.17) is 4.74 Å². The van der Waals surface area contributed by atoms with Gasteiger partial charge in [0.2, 0.25) is 0 Å². The van der Waals surface area contributed by atoms with E-state index in [2.05, 4.69) is 20.8 Å². The van der Waals surface area contributed by atoms with Gasteiger partial charge in [-0.1, -0.05) is 20.8 Å². The van der Waals surface area contributed by atoms with E-state index in [1.807, 2.05) is 0 Å². The lowest BCUT2D eigenvalue weighted by Crippen LogP contribution is -2.28. The fraction of sp³-hybridized carbons (Fsp3) is 1.00. The van der Waals surface area contributed by atoms with Crippen LogP contribution >= 0.6 is 0 Å². The van der Waals surface area contributed by atoms with Gasteiger partial charge in [0.25, 0.3) is 0 Å². The third kappa shape index (κ3) is 3.55. The topological polar surface area (TPSA) is 29.5 Å². The highest BCUT2D eigenvalue weighted by Gasteiger charge is 2.26. The molecule has 0 bridgehead atoms. The number of methoxy groups -OCH3 is 1. The molecule has 74 valence electrons. The zero-order valence-corrected chi connectivity index (χ0v) is 8.76. The summed E-state index contributed by atoms with van der Waals surface area (Å²) in [5.74, 6) is 0.527. The second-order valence-corrected chi connectivity index (χ2v) is 4.06. The predicted octanol–water partition coefficient (Wildman–Crippen LogP) is 2.07. The van der Waals surface area contributed by atoms with E-state index < -0.39 is 0 Å². The molecule has 0 aromatic rings. The Hall–Kier alpha value is -0.0800. The standard InChI is InChI=1S/C10H22O2/c1-9(2)10(3,8-11)6-5-7-12-4/h9,11H,5-8H2,1-4H3. The highest BCUT2D eigenvalue weighted by atomic mass is 16.5. The molecule has 0 aliphatic rings. The van der Waals surface area contributed by atoms with Crippen molar-refractivity contribution in [1.29, 1.82) is 0 Å². The van der Waals surface area contributed by atoms with E-state index >= 15 is 0 Å². The minimum absolute atomic E-state index is 0.0680. The molecule has 0 aromatic carbocycles. The van der Waals surface area contributed by atoms with Crippen LogP contribution in [-0.4, -0.2) is 25.4 Å². The van der Waals surface area contributed by atoms with E-state index in [-0.39, 0.29) is 12.0 Å². The van der Waals surface area contributed by atoms with Crippen molar-refractivity contribution in [1.82, 2.24) is 0 Å². The summed E-state index contributed by atoms with van der Waals surface area (Å²) in [5.41, 5.74) is 0.0680.